The molecule has 1 amide bonds. The Labute approximate surface area is 161 Å². The van der Waals surface area contributed by atoms with Gasteiger partial charge in [0.1, 0.15) is 11.9 Å². The normalized spacial score (nSPS) is 12.5. The van der Waals surface area contributed by atoms with Crippen LogP contribution in [0, 0.1) is 5.82 Å². The highest BCUT2D eigenvalue weighted by molar-refractivity contribution is 7.92. The summed E-state index contributed by atoms with van der Waals surface area (Å²) in [4.78, 5) is 12.5. The van der Waals surface area contributed by atoms with Crippen molar-refractivity contribution in [1.82, 2.24) is 5.32 Å². The molecule has 0 aromatic heterocycles. The molecule has 0 fully saturated rings. The lowest BCUT2D eigenvalue weighted by atomic mass is 10.2. The van der Waals surface area contributed by atoms with Crippen molar-refractivity contribution in [3.05, 3.63) is 63.9 Å². The third-order valence-corrected chi connectivity index (χ3v) is 5.45. The molecule has 0 saturated carbocycles. The Morgan fingerprint density at radius 2 is 1.92 bits per heavy atom. The van der Waals surface area contributed by atoms with Crippen molar-refractivity contribution in [1.29, 1.82) is 0 Å². The molecule has 0 aliphatic rings. The number of rotatable bonds is 6. The summed E-state index contributed by atoms with van der Waals surface area (Å²) >= 11 is 11.9. The fourth-order valence-corrected chi connectivity index (χ4v) is 4.06. The predicted octanol–water partition coefficient (Wildman–Crippen LogP) is 3.60. The Morgan fingerprint density at radius 3 is 2.50 bits per heavy atom. The number of hydrogen-bond donors (Lipinski definition) is 1. The molecule has 0 aliphatic carbocycles. The molecule has 0 spiro atoms. The third-order valence-electron chi connectivity index (χ3n) is 3.62. The number of carbonyl (C=O) groups excluding carboxylic acids is 1. The molecular weight excluding hydrogens is 402 g/mol. The molecule has 0 heterocycles. The summed E-state index contributed by atoms with van der Waals surface area (Å²) < 4.78 is 38.6. The van der Waals surface area contributed by atoms with Gasteiger partial charge in [-0.25, -0.2) is 12.8 Å². The lowest BCUT2D eigenvalue weighted by Crippen LogP contribution is -2.47. The summed E-state index contributed by atoms with van der Waals surface area (Å²) in [5, 5.41) is 3.48. The Kier molecular flexibility index (Phi) is 6.49. The number of hydrogen-bond acceptors (Lipinski definition) is 3. The van der Waals surface area contributed by atoms with Gasteiger partial charge in [-0.3, -0.25) is 9.10 Å². The molecule has 0 radical (unpaired) electrons. The first-order valence-corrected chi connectivity index (χ1v) is 10.2. The van der Waals surface area contributed by atoms with Gasteiger partial charge in [-0.05, 0) is 42.8 Å². The van der Waals surface area contributed by atoms with Crippen molar-refractivity contribution >= 4 is 44.8 Å². The molecule has 1 N–H and O–H groups in total. The van der Waals surface area contributed by atoms with Gasteiger partial charge in [0.25, 0.3) is 0 Å². The second kappa shape index (κ2) is 8.24. The maximum absolute atomic E-state index is 13.5. The van der Waals surface area contributed by atoms with Crippen LogP contribution in [0.3, 0.4) is 0 Å². The summed E-state index contributed by atoms with van der Waals surface area (Å²) in [7, 11) is -3.81. The molecule has 140 valence electrons. The minimum atomic E-state index is -3.81. The van der Waals surface area contributed by atoms with Gasteiger partial charge in [0.15, 0.2) is 0 Å². The van der Waals surface area contributed by atoms with Crippen LogP contribution in [0.4, 0.5) is 10.1 Å². The Morgan fingerprint density at radius 1 is 1.23 bits per heavy atom. The van der Waals surface area contributed by atoms with Gasteiger partial charge >= 0.3 is 0 Å². The quantitative estimate of drug-likeness (QED) is 0.778. The summed E-state index contributed by atoms with van der Waals surface area (Å²) in [6.45, 7) is 1.52. The first-order valence-electron chi connectivity index (χ1n) is 7.56. The van der Waals surface area contributed by atoms with Crippen LogP contribution in [0.1, 0.15) is 12.5 Å². The lowest BCUT2D eigenvalue weighted by Gasteiger charge is -2.28. The molecule has 0 saturated heterocycles. The topological polar surface area (TPSA) is 66.5 Å². The molecular formula is C17H17Cl2FN2O3S. The summed E-state index contributed by atoms with van der Waals surface area (Å²) in [5.41, 5.74) is 0.702. The Balaban J connectivity index is 2.20. The number of amides is 1. The van der Waals surface area contributed by atoms with Crippen LogP contribution in [0.25, 0.3) is 0 Å². The van der Waals surface area contributed by atoms with E-state index in [1.165, 1.54) is 25.1 Å². The fourth-order valence-electron chi connectivity index (χ4n) is 2.42. The van der Waals surface area contributed by atoms with E-state index in [1.807, 2.05) is 0 Å². The van der Waals surface area contributed by atoms with E-state index in [2.05, 4.69) is 5.32 Å². The number of benzene rings is 2. The van der Waals surface area contributed by atoms with Crippen LogP contribution in [0.15, 0.2) is 42.5 Å². The number of nitrogens with zero attached hydrogens (tertiary/aromatic N) is 1. The van der Waals surface area contributed by atoms with Crippen LogP contribution in [0.5, 0.6) is 0 Å². The molecule has 0 unspecified atom stereocenters. The SMILES string of the molecule is C[C@H](C(=O)NCc1ccc(Cl)cc1Cl)N(c1cccc(F)c1)S(C)(=O)=O. The minimum absolute atomic E-state index is 0.0691. The zero-order chi connectivity index (χ0) is 19.5. The number of sulfonamides is 1. The van der Waals surface area contributed by atoms with Crippen LogP contribution in [-0.2, 0) is 21.4 Å². The van der Waals surface area contributed by atoms with Gasteiger partial charge in [-0.1, -0.05) is 35.3 Å². The Hall–Kier alpha value is -1.83. The molecule has 0 bridgehead atoms. The van der Waals surface area contributed by atoms with Crippen LogP contribution < -0.4 is 9.62 Å². The van der Waals surface area contributed by atoms with E-state index >= 15 is 0 Å². The van der Waals surface area contributed by atoms with Gasteiger partial charge in [-0.15, -0.1) is 0 Å². The summed E-state index contributed by atoms with van der Waals surface area (Å²) in [6.07, 6.45) is 0.956. The number of carbonyl (C=O) groups is 1. The molecule has 1 atom stereocenters. The average Bonchev–Trinajstić information content (AvgIpc) is 2.52. The smallest absolute Gasteiger partial charge is 0.243 e. The molecule has 2 aromatic rings. The summed E-state index contributed by atoms with van der Waals surface area (Å²) in [5.74, 6) is -1.15. The first-order chi connectivity index (χ1) is 12.1. The first kappa shape index (κ1) is 20.5. The largest absolute Gasteiger partial charge is 0.350 e. The van der Waals surface area contributed by atoms with Crippen molar-refractivity contribution in [3.63, 3.8) is 0 Å². The van der Waals surface area contributed by atoms with Gasteiger partial charge in [0.2, 0.25) is 15.9 Å². The second-order valence-electron chi connectivity index (χ2n) is 5.67. The number of nitrogens with one attached hydrogen (secondary N) is 1. The predicted molar refractivity (Wildman–Crippen MR) is 101 cm³/mol. The van der Waals surface area contributed by atoms with Gasteiger partial charge in [0.05, 0.1) is 11.9 Å². The third kappa shape index (κ3) is 5.09. The van der Waals surface area contributed by atoms with Crippen molar-refractivity contribution < 1.29 is 17.6 Å². The van der Waals surface area contributed by atoms with Crippen molar-refractivity contribution in [3.8, 4) is 0 Å². The van der Waals surface area contributed by atoms with Crippen LogP contribution in [-0.4, -0.2) is 26.6 Å². The maximum atomic E-state index is 13.5. The maximum Gasteiger partial charge on any atom is 0.243 e. The van der Waals surface area contributed by atoms with E-state index in [9.17, 15) is 17.6 Å². The molecule has 2 aromatic carbocycles. The van der Waals surface area contributed by atoms with Gasteiger partial charge < -0.3 is 5.32 Å². The lowest BCUT2D eigenvalue weighted by molar-refractivity contribution is -0.122. The van der Waals surface area contributed by atoms with E-state index < -0.39 is 27.8 Å². The molecule has 9 heteroatoms. The van der Waals surface area contributed by atoms with E-state index in [-0.39, 0.29) is 12.2 Å². The number of anilines is 1. The highest BCUT2D eigenvalue weighted by Crippen LogP contribution is 2.23. The van der Waals surface area contributed by atoms with Crippen molar-refractivity contribution in [2.45, 2.75) is 19.5 Å². The molecule has 0 aliphatic heterocycles. The average molecular weight is 419 g/mol. The van der Waals surface area contributed by atoms with Gasteiger partial charge in [0, 0.05) is 16.6 Å². The zero-order valence-corrected chi connectivity index (χ0v) is 16.4. The summed E-state index contributed by atoms with van der Waals surface area (Å²) in [6, 6.07) is 8.80. The zero-order valence-electron chi connectivity index (χ0n) is 14.0. The van der Waals surface area contributed by atoms with E-state index in [0.717, 1.165) is 16.6 Å². The molecule has 26 heavy (non-hydrogen) atoms. The highest BCUT2D eigenvalue weighted by Gasteiger charge is 2.29. The Bertz CT molecular complexity index is 922. The molecule has 5 nitrogen and oxygen atoms in total. The van der Waals surface area contributed by atoms with E-state index in [4.69, 9.17) is 23.2 Å². The number of halogens is 3. The van der Waals surface area contributed by atoms with Crippen LogP contribution in [0.2, 0.25) is 10.0 Å². The molecule has 2 rings (SSSR count). The van der Waals surface area contributed by atoms with Crippen LogP contribution >= 0.6 is 23.2 Å². The highest BCUT2D eigenvalue weighted by atomic mass is 35.5. The minimum Gasteiger partial charge on any atom is -0.350 e. The fraction of sp³-hybridized carbons (Fsp3) is 0.235. The van der Waals surface area contributed by atoms with Crippen molar-refractivity contribution in [2.24, 2.45) is 0 Å². The van der Waals surface area contributed by atoms with E-state index in [1.54, 1.807) is 18.2 Å². The standard InChI is InChI=1S/C17H17Cl2FN2O3S/c1-11(17(23)21-10-12-6-7-13(18)8-16(12)19)22(26(2,24)25)15-5-3-4-14(20)9-15/h3-9,11H,10H2,1-2H3,(H,21,23)/t11-/m1/s1. The van der Waals surface area contributed by atoms with Crippen molar-refractivity contribution in [2.75, 3.05) is 10.6 Å². The van der Waals surface area contributed by atoms with E-state index in [0.29, 0.717) is 15.6 Å². The monoisotopic (exact) mass is 418 g/mol. The second-order valence-corrected chi connectivity index (χ2v) is 8.37. The van der Waals surface area contributed by atoms with Gasteiger partial charge in [-0.2, -0.15) is 0 Å².